The fourth-order valence-corrected chi connectivity index (χ4v) is 1.63. The van der Waals surface area contributed by atoms with Crippen LogP contribution in [0.3, 0.4) is 0 Å². The van der Waals surface area contributed by atoms with E-state index in [1.54, 1.807) is 0 Å². The maximum absolute atomic E-state index is 8.70. The molecule has 0 bridgehead atoms. The van der Waals surface area contributed by atoms with Gasteiger partial charge in [-0.2, -0.15) is 0 Å². The molecule has 1 unspecified atom stereocenters. The van der Waals surface area contributed by atoms with Gasteiger partial charge in [0.1, 0.15) is 0 Å². The van der Waals surface area contributed by atoms with Gasteiger partial charge in [0.05, 0.1) is 12.7 Å². The molecule has 1 saturated heterocycles. The van der Waals surface area contributed by atoms with Gasteiger partial charge in [0.2, 0.25) is 0 Å². The van der Waals surface area contributed by atoms with E-state index in [0.717, 1.165) is 39.2 Å². The van der Waals surface area contributed by atoms with E-state index in [-0.39, 0.29) is 6.61 Å². The molecule has 4 heteroatoms. The molecule has 4 nitrogen and oxygen atoms in total. The summed E-state index contributed by atoms with van der Waals surface area (Å²) >= 11 is 0. The number of aliphatic hydroxyl groups excluding tert-OH is 1. The second-order valence-electron chi connectivity index (χ2n) is 3.43. The van der Waals surface area contributed by atoms with E-state index in [0.29, 0.717) is 6.10 Å². The highest BCUT2D eigenvalue weighted by Gasteiger charge is 2.18. The first-order chi connectivity index (χ1) is 6.36. The highest BCUT2D eigenvalue weighted by atomic mass is 16.5. The molecule has 0 radical (unpaired) electrons. The average molecular weight is 188 g/mol. The molecule has 0 aliphatic carbocycles. The smallest absolute Gasteiger partial charge is 0.0826 e. The third kappa shape index (κ3) is 4.04. The van der Waals surface area contributed by atoms with E-state index < -0.39 is 0 Å². The number of aliphatic hydroxyl groups is 1. The summed E-state index contributed by atoms with van der Waals surface area (Å²) in [5, 5.41) is 11.8. The highest BCUT2D eigenvalue weighted by Crippen LogP contribution is 2.04. The van der Waals surface area contributed by atoms with Crippen molar-refractivity contribution in [3.05, 3.63) is 0 Å². The summed E-state index contributed by atoms with van der Waals surface area (Å²) in [4.78, 5) is 2.35. The lowest BCUT2D eigenvalue weighted by atomic mass is 10.2. The Morgan fingerprint density at radius 1 is 1.62 bits per heavy atom. The van der Waals surface area contributed by atoms with Gasteiger partial charge in [-0.05, 0) is 13.5 Å². The number of likely N-dealkylation sites (N-methyl/N-ethyl adjacent to an activating group) is 1. The summed E-state index contributed by atoms with van der Waals surface area (Å²) in [6, 6.07) is 0. The van der Waals surface area contributed by atoms with Crippen LogP contribution in [0.15, 0.2) is 0 Å². The molecule has 78 valence electrons. The molecule has 0 amide bonds. The summed E-state index contributed by atoms with van der Waals surface area (Å²) in [7, 11) is 1.94. The monoisotopic (exact) mass is 188 g/mol. The molecule has 13 heavy (non-hydrogen) atoms. The maximum Gasteiger partial charge on any atom is 0.0826 e. The first kappa shape index (κ1) is 10.9. The largest absolute Gasteiger partial charge is 0.396 e. The second-order valence-corrected chi connectivity index (χ2v) is 3.43. The molecule has 1 aliphatic heterocycles. The van der Waals surface area contributed by atoms with Gasteiger partial charge in [-0.15, -0.1) is 0 Å². The quantitative estimate of drug-likeness (QED) is 0.598. The summed E-state index contributed by atoms with van der Waals surface area (Å²) in [6.07, 6.45) is 1.18. The molecule has 0 aromatic carbocycles. The van der Waals surface area contributed by atoms with E-state index in [1.165, 1.54) is 0 Å². The number of hydrogen-bond acceptors (Lipinski definition) is 4. The number of ether oxygens (including phenoxy) is 1. The number of nitrogens with zero attached hydrogens (tertiary/aromatic N) is 1. The summed E-state index contributed by atoms with van der Waals surface area (Å²) in [5.74, 6) is 0. The Kier molecular flexibility index (Phi) is 5.31. The van der Waals surface area contributed by atoms with Gasteiger partial charge in [0.25, 0.3) is 0 Å². The third-order valence-electron chi connectivity index (χ3n) is 2.29. The predicted molar refractivity (Wildman–Crippen MR) is 51.8 cm³/mol. The van der Waals surface area contributed by atoms with Crippen LogP contribution in [0.5, 0.6) is 0 Å². The lowest BCUT2D eigenvalue weighted by Crippen LogP contribution is -2.46. The van der Waals surface area contributed by atoms with Gasteiger partial charge in [-0.25, -0.2) is 0 Å². The van der Waals surface area contributed by atoms with Crippen molar-refractivity contribution >= 4 is 0 Å². The van der Waals surface area contributed by atoms with Gasteiger partial charge >= 0.3 is 0 Å². The van der Waals surface area contributed by atoms with Gasteiger partial charge in [0.15, 0.2) is 0 Å². The van der Waals surface area contributed by atoms with Crippen molar-refractivity contribution in [2.75, 3.05) is 46.4 Å². The van der Waals surface area contributed by atoms with Gasteiger partial charge in [-0.3, -0.25) is 4.90 Å². The molecule has 1 aliphatic rings. The van der Waals surface area contributed by atoms with Crippen molar-refractivity contribution in [1.82, 2.24) is 10.2 Å². The van der Waals surface area contributed by atoms with Crippen molar-refractivity contribution < 1.29 is 9.84 Å². The molecule has 1 fully saturated rings. The van der Waals surface area contributed by atoms with Gasteiger partial charge < -0.3 is 15.2 Å². The number of hydrogen-bond donors (Lipinski definition) is 2. The number of nitrogens with one attached hydrogen (secondary N) is 1. The van der Waals surface area contributed by atoms with Crippen molar-refractivity contribution in [1.29, 1.82) is 0 Å². The van der Waals surface area contributed by atoms with Crippen LogP contribution < -0.4 is 5.32 Å². The molecule has 1 heterocycles. The van der Waals surface area contributed by atoms with Crippen LogP contribution in [-0.4, -0.2) is 62.6 Å². The van der Waals surface area contributed by atoms with E-state index in [1.807, 2.05) is 7.05 Å². The molecular formula is C9H20N2O2. The second kappa shape index (κ2) is 6.32. The van der Waals surface area contributed by atoms with Crippen LogP contribution >= 0.6 is 0 Å². The molecule has 1 rings (SSSR count). The van der Waals surface area contributed by atoms with Crippen molar-refractivity contribution in [2.45, 2.75) is 12.5 Å². The lowest BCUT2D eigenvalue weighted by molar-refractivity contribution is -0.0275. The van der Waals surface area contributed by atoms with E-state index >= 15 is 0 Å². The minimum atomic E-state index is 0.286. The van der Waals surface area contributed by atoms with Crippen molar-refractivity contribution in [3.63, 3.8) is 0 Å². The highest BCUT2D eigenvalue weighted by molar-refractivity contribution is 4.72. The minimum absolute atomic E-state index is 0.286. The van der Waals surface area contributed by atoms with Crippen LogP contribution in [0.4, 0.5) is 0 Å². The Hall–Kier alpha value is -0.160. The first-order valence-electron chi connectivity index (χ1n) is 4.96. The van der Waals surface area contributed by atoms with Gasteiger partial charge in [-0.1, -0.05) is 0 Å². The molecule has 2 N–H and O–H groups in total. The Morgan fingerprint density at radius 2 is 2.46 bits per heavy atom. The fraction of sp³-hybridized carbons (Fsp3) is 1.00. The van der Waals surface area contributed by atoms with Crippen molar-refractivity contribution in [3.8, 4) is 0 Å². The van der Waals surface area contributed by atoms with E-state index in [9.17, 15) is 0 Å². The van der Waals surface area contributed by atoms with Crippen LogP contribution in [0.2, 0.25) is 0 Å². The Labute approximate surface area is 79.9 Å². The molecule has 0 saturated carbocycles. The van der Waals surface area contributed by atoms with E-state index in [4.69, 9.17) is 9.84 Å². The first-order valence-corrected chi connectivity index (χ1v) is 4.96. The molecule has 0 aromatic rings. The third-order valence-corrected chi connectivity index (χ3v) is 2.29. The zero-order valence-electron chi connectivity index (χ0n) is 8.33. The zero-order chi connectivity index (χ0) is 9.52. The predicted octanol–water partition coefficient (Wildman–Crippen LogP) is -0.711. The van der Waals surface area contributed by atoms with Crippen molar-refractivity contribution in [2.24, 2.45) is 0 Å². The van der Waals surface area contributed by atoms with E-state index in [2.05, 4.69) is 10.2 Å². The molecule has 0 aromatic heterocycles. The minimum Gasteiger partial charge on any atom is -0.396 e. The van der Waals surface area contributed by atoms with Crippen LogP contribution in [0.1, 0.15) is 6.42 Å². The Balaban J connectivity index is 2.16. The lowest BCUT2D eigenvalue weighted by Gasteiger charge is -2.32. The van der Waals surface area contributed by atoms with Crippen LogP contribution in [0.25, 0.3) is 0 Å². The average Bonchev–Trinajstić information content (AvgIpc) is 2.16. The number of rotatable bonds is 5. The molecule has 1 atom stereocenters. The number of morpholine rings is 1. The molecular weight excluding hydrogens is 168 g/mol. The molecule has 0 spiro atoms. The van der Waals surface area contributed by atoms with Crippen LogP contribution in [-0.2, 0) is 4.74 Å². The standard InChI is InChI=1S/C9H20N2O2/c1-10-7-9-8-11(3-2-5-12)4-6-13-9/h9-10,12H,2-8H2,1H3. The Morgan fingerprint density at radius 3 is 3.15 bits per heavy atom. The maximum atomic E-state index is 8.70. The summed E-state index contributed by atoms with van der Waals surface area (Å²) in [5.41, 5.74) is 0. The summed E-state index contributed by atoms with van der Waals surface area (Å²) in [6.45, 7) is 4.99. The Bertz CT molecular complexity index is 131. The van der Waals surface area contributed by atoms with Crippen LogP contribution in [0, 0.1) is 0 Å². The summed E-state index contributed by atoms with van der Waals surface area (Å²) < 4.78 is 5.56. The normalized spacial score (nSPS) is 24.9. The zero-order valence-corrected chi connectivity index (χ0v) is 8.33. The fourth-order valence-electron chi connectivity index (χ4n) is 1.63. The van der Waals surface area contributed by atoms with Gasteiger partial charge in [0, 0.05) is 32.8 Å². The SMILES string of the molecule is CNCC1CN(CCCO)CCO1. The topological polar surface area (TPSA) is 44.7 Å².